The van der Waals surface area contributed by atoms with Crippen LogP contribution in [0.4, 0.5) is 4.39 Å². The van der Waals surface area contributed by atoms with Gasteiger partial charge in [0, 0.05) is 17.8 Å². The molecule has 0 aromatic heterocycles. The van der Waals surface area contributed by atoms with E-state index in [2.05, 4.69) is 0 Å². The average Bonchev–Trinajstić information content (AvgIpc) is 2.81. The van der Waals surface area contributed by atoms with Gasteiger partial charge in [-0.1, -0.05) is 83.6 Å². The monoisotopic (exact) mass is 577 g/mol. The van der Waals surface area contributed by atoms with Crippen LogP contribution in [0.1, 0.15) is 131 Å². The standard InChI is InChI=1S/C11H20O2.C7H14O2.C6H12O.C4H9O.CH3F.CH4.K/c1-5-8(3)10(12)7-11(13)9(4)6-2;1-4-6(3)7(8)9-5-2;1-4-5(2)6(3)7;1-4(2,3)5;1-2;;/h8-9H,5-7H2,1-4H3;6H,4-5H2,1-3H3;5H,4H2,1-3H3;1-3H3;1H3;1H4;/q;;;-1;;;+1/i;;;;1D;;. The van der Waals surface area contributed by atoms with Crippen molar-refractivity contribution in [3.05, 3.63) is 0 Å². The predicted octanol–water partition coefficient (Wildman–Crippen LogP) is 4.20. The predicted molar refractivity (Wildman–Crippen MR) is 153 cm³/mol. The van der Waals surface area contributed by atoms with Crippen molar-refractivity contribution in [3.63, 3.8) is 0 Å². The third kappa shape index (κ3) is 45.9. The summed E-state index contributed by atoms with van der Waals surface area (Å²) < 4.78 is 20.3. The Kier molecular flexibility index (Phi) is 46.8. The topological polar surface area (TPSA) is 101 Å². The van der Waals surface area contributed by atoms with Crippen LogP contribution in [0.15, 0.2) is 0 Å². The maximum atomic E-state index is 11.4. The zero-order chi connectivity index (χ0) is 30.8. The normalized spacial score (nSPS) is 12.8. The van der Waals surface area contributed by atoms with Crippen molar-refractivity contribution in [2.45, 2.75) is 135 Å². The van der Waals surface area contributed by atoms with E-state index in [1.807, 2.05) is 62.3 Å². The second-order valence-electron chi connectivity index (χ2n) is 9.82. The Morgan fingerprint density at radius 2 is 1.05 bits per heavy atom. The number of carbonyl (C=O) groups is 4. The summed E-state index contributed by atoms with van der Waals surface area (Å²) >= 11 is 0. The van der Waals surface area contributed by atoms with E-state index < -0.39 is 12.8 Å². The van der Waals surface area contributed by atoms with Crippen LogP contribution in [0.5, 0.6) is 0 Å². The first-order valence-corrected chi connectivity index (χ1v) is 13.1. The van der Waals surface area contributed by atoms with Crippen LogP contribution >= 0.6 is 0 Å². The van der Waals surface area contributed by atoms with Crippen molar-refractivity contribution in [1.29, 1.82) is 0 Å². The van der Waals surface area contributed by atoms with E-state index in [0.717, 1.165) is 25.7 Å². The smallest absolute Gasteiger partial charge is 0.850 e. The first-order chi connectivity index (χ1) is 16.8. The number of ketones is 3. The number of halogens is 1. The van der Waals surface area contributed by atoms with Gasteiger partial charge in [0.2, 0.25) is 0 Å². The Bertz CT molecular complexity index is 556. The molecule has 0 aliphatic carbocycles. The maximum absolute atomic E-state index is 11.4. The Labute approximate surface area is 279 Å². The number of carbonyl (C=O) groups excluding carboxylic acids is 4. The van der Waals surface area contributed by atoms with E-state index in [9.17, 15) is 28.7 Å². The van der Waals surface area contributed by atoms with E-state index >= 15 is 0 Å². The van der Waals surface area contributed by atoms with Gasteiger partial charge in [0.1, 0.15) is 17.3 Å². The van der Waals surface area contributed by atoms with Crippen molar-refractivity contribution in [3.8, 4) is 0 Å². The molecule has 38 heavy (non-hydrogen) atoms. The Morgan fingerprint density at radius 1 is 0.789 bits per heavy atom. The van der Waals surface area contributed by atoms with Gasteiger partial charge in [0.15, 0.2) is 0 Å². The Morgan fingerprint density at radius 3 is 1.21 bits per heavy atom. The summed E-state index contributed by atoms with van der Waals surface area (Å²) in [5.74, 6) is 0.786. The number of alkyl halides is 1. The SMILES string of the molecule is C.CC(C)(C)[O-].CCC(C)C(=O)CC(=O)C(C)CC.CCC(C)C(C)=O.CCOC(=O)C(C)CC.[2H]CF.[K+]. The van der Waals surface area contributed by atoms with Gasteiger partial charge in [0.25, 0.3) is 0 Å². The molecule has 6 nitrogen and oxygen atoms in total. The molecule has 0 aliphatic heterocycles. The third-order valence-electron chi connectivity index (χ3n) is 5.28. The molecule has 0 fully saturated rings. The number of rotatable bonds is 11. The van der Waals surface area contributed by atoms with Crippen LogP contribution in [0.3, 0.4) is 0 Å². The molecule has 0 aromatic rings. The number of ether oxygens (including phenoxy) is 1. The first kappa shape index (κ1) is 50.8. The quantitative estimate of drug-likeness (QED) is 0.207. The van der Waals surface area contributed by atoms with E-state index in [1.165, 1.54) is 0 Å². The van der Waals surface area contributed by atoms with Crippen LogP contribution in [0, 0.1) is 23.7 Å². The van der Waals surface area contributed by atoms with Crippen LogP contribution in [-0.2, 0) is 23.9 Å². The molecule has 4 atom stereocenters. The summed E-state index contributed by atoms with van der Waals surface area (Å²) in [5, 5.41) is 10.1. The second kappa shape index (κ2) is 35.0. The number of esters is 1. The molecule has 4 unspecified atom stereocenters. The van der Waals surface area contributed by atoms with Crippen molar-refractivity contribution < 1.29 is 86.2 Å². The fraction of sp³-hybridized carbons (Fsp3) is 0.867. The van der Waals surface area contributed by atoms with Crippen molar-refractivity contribution >= 4 is 23.3 Å². The van der Waals surface area contributed by atoms with Crippen LogP contribution in [0.25, 0.3) is 0 Å². The zero-order valence-corrected chi connectivity index (χ0v) is 29.7. The number of Topliss-reactive ketones (excluding diaryl/α,β-unsaturated/α-hetero) is 3. The first-order valence-electron chi connectivity index (χ1n) is 13.8. The third-order valence-corrected chi connectivity index (χ3v) is 5.28. The number of hydrogen-bond donors (Lipinski definition) is 0. The molecule has 0 aliphatic rings. The Balaban J connectivity index is -0.0000000697. The van der Waals surface area contributed by atoms with Gasteiger partial charge in [-0.05, 0) is 39.5 Å². The molecule has 0 saturated carbocycles. The number of hydrogen-bond acceptors (Lipinski definition) is 6. The van der Waals surface area contributed by atoms with Crippen molar-refractivity contribution in [2.24, 2.45) is 23.7 Å². The summed E-state index contributed by atoms with van der Waals surface area (Å²) in [7, 11) is -1.00. The Hall–Kier alpha value is 0.00636. The maximum Gasteiger partial charge on any atom is 1.00 e. The fourth-order valence-electron chi connectivity index (χ4n) is 1.71. The van der Waals surface area contributed by atoms with Crippen molar-refractivity contribution in [1.82, 2.24) is 0 Å². The van der Waals surface area contributed by atoms with Gasteiger partial charge >= 0.3 is 57.4 Å². The molecule has 0 bridgehead atoms. The summed E-state index contributed by atoms with van der Waals surface area (Å²) in [5.41, 5.74) is -0.750. The summed E-state index contributed by atoms with van der Waals surface area (Å²) in [6.07, 6.45) is 3.61. The second-order valence-corrected chi connectivity index (χ2v) is 9.82. The van der Waals surface area contributed by atoms with Crippen LogP contribution in [-0.4, -0.2) is 42.7 Å². The van der Waals surface area contributed by atoms with Crippen molar-refractivity contribution in [2.75, 3.05) is 13.8 Å². The van der Waals surface area contributed by atoms with E-state index in [0.29, 0.717) is 12.4 Å². The minimum atomic E-state index is -1.00. The van der Waals surface area contributed by atoms with Crippen LogP contribution < -0.4 is 56.5 Å². The molecule has 0 rings (SSSR count). The van der Waals surface area contributed by atoms with Gasteiger partial charge in [-0.2, -0.15) is 0 Å². The summed E-state index contributed by atoms with van der Waals surface area (Å²) in [6.45, 7) is 24.4. The van der Waals surface area contributed by atoms with Gasteiger partial charge in [-0.3, -0.25) is 23.6 Å². The molecule has 0 aromatic carbocycles. The van der Waals surface area contributed by atoms with Gasteiger partial charge in [-0.25, -0.2) is 0 Å². The van der Waals surface area contributed by atoms with E-state index in [4.69, 9.17) is 6.11 Å². The minimum Gasteiger partial charge on any atom is -0.850 e. The summed E-state index contributed by atoms with van der Waals surface area (Å²) in [6, 6.07) is 0. The molecule has 8 heteroatoms. The fourth-order valence-corrected chi connectivity index (χ4v) is 1.71. The van der Waals surface area contributed by atoms with E-state index in [-0.39, 0.29) is 106 Å². The molecule has 0 saturated heterocycles. The largest absolute Gasteiger partial charge is 1.00 e. The molecule has 0 heterocycles. The molecule has 226 valence electrons. The summed E-state index contributed by atoms with van der Waals surface area (Å²) in [4.78, 5) is 43.9. The van der Waals surface area contributed by atoms with E-state index in [1.54, 1.807) is 27.7 Å². The van der Waals surface area contributed by atoms with Gasteiger partial charge in [-0.15, -0.1) is 5.60 Å². The molecule has 0 N–H and O–H groups in total. The molecular weight excluding hydrogens is 514 g/mol. The molecule has 0 spiro atoms. The minimum absolute atomic E-state index is 0. The van der Waals surface area contributed by atoms with Crippen LogP contribution in [0.2, 0.25) is 0 Å². The zero-order valence-electron chi connectivity index (χ0n) is 27.6. The van der Waals surface area contributed by atoms with Gasteiger partial charge < -0.3 is 9.84 Å². The van der Waals surface area contributed by atoms with Gasteiger partial charge in [0.05, 0.1) is 27.5 Å². The molecule has 0 amide bonds. The molecular formula is C30H62FKO6. The molecule has 0 radical (unpaired) electrons. The average molecular weight is 578 g/mol.